The minimum Gasteiger partial charge on any atom is -0.507 e. The van der Waals surface area contributed by atoms with Crippen molar-refractivity contribution in [1.29, 1.82) is 0 Å². The number of fused-ring (bicyclic) bond motifs is 1. The molecule has 2 nitrogen and oxygen atoms in total. The zero-order valence-electron chi connectivity index (χ0n) is 12.3. The Hall–Kier alpha value is -1.69. The largest absolute Gasteiger partial charge is 0.507 e. The lowest BCUT2D eigenvalue weighted by molar-refractivity contribution is 0.473. The lowest BCUT2D eigenvalue weighted by Gasteiger charge is -2.05. The molecule has 5 heteroatoms. The number of phenols is 1. The van der Waals surface area contributed by atoms with E-state index in [-0.39, 0.29) is 5.75 Å². The normalized spacial score (nSPS) is 11.1. The average molecular weight is 461 g/mol. The minimum atomic E-state index is 0.247. The summed E-state index contributed by atoms with van der Waals surface area (Å²) in [4.78, 5) is 4.81. The third-order valence-electron chi connectivity index (χ3n) is 3.81. The van der Waals surface area contributed by atoms with Gasteiger partial charge in [-0.1, -0.05) is 48.5 Å². The maximum atomic E-state index is 9.81. The second kappa shape index (κ2) is 6.31. The molecule has 1 aromatic heterocycles. The van der Waals surface area contributed by atoms with E-state index in [9.17, 15) is 5.11 Å². The van der Waals surface area contributed by atoms with Crippen LogP contribution in [0, 0.1) is 0 Å². The van der Waals surface area contributed by atoms with E-state index in [1.807, 2.05) is 36.4 Å². The summed E-state index contributed by atoms with van der Waals surface area (Å²) in [5, 5.41) is 12.8. The van der Waals surface area contributed by atoms with E-state index < -0.39 is 0 Å². The maximum Gasteiger partial charge on any atom is 0.130 e. The molecule has 0 unspecified atom stereocenters. The number of nitrogens with zero attached hydrogens (tertiary/aromatic N) is 1. The molecule has 3 aromatic carbocycles. The Kier molecular flexibility index (Phi) is 4.16. The van der Waals surface area contributed by atoms with Gasteiger partial charge in [0.15, 0.2) is 0 Å². The van der Waals surface area contributed by atoms with Gasteiger partial charge in [-0.25, -0.2) is 4.98 Å². The summed E-state index contributed by atoms with van der Waals surface area (Å²) in [6.45, 7) is 0. The third kappa shape index (κ3) is 2.77. The molecular weight excluding hydrogens is 450 g/mol. The molecule has 1 heterocycles. The van der Waals surface area contributed by atoms with Crippen molar-refractivity contribution in [3.8, 4) is 27.6 Å². The lowest BCUT2D eigenvalue weighted by Crippen LogP contribution is -1.82. The van der Waals surface area contributed by atoms with Gasteiger partial charge < -0.3 is 5.11 Å². The molecule has 0 aliphatic rings. The average Bonchev–Trinajstić information content (AvgIpc) is 3.00. The van der Waals surface area contributed by atoms with Gasteiger partial charge in [-0.3, -0.25) is 0 Å². The fourth-order valence-corrected chi connectivity index (χ4v) is 4.70. The van der Waals surface area contributed by atoms with Gasteiger partial charge in [0.25, 0.3) is 0 Å². The van der Waals surface area contributed by atoms with Crippen molar-refractivity contribution in [3.05, 3.63) is 68.9 Å². The van der Waals surface area contributed by atoms with Crippen LogP contribution in [0.15, 0.2) is 68.9 Å². The van der Waals surface area contributed by atoms with E-state index in [4.69, 9.17) is 4.98 Å². The Labute approximate surface area is 160 Å². The Bertz CT molecular complexity index is 1040. The van der Waals surface area contributed by atoms with Crippen molar-refractivity contribution < 1.29 is 5.11 Å². The molecule has 118 valence electrons. The van der Waals surface area contributed by atoms with E-state index in [1.165, 1.54) is 0 Å². The standard InChI is InChI=1S/C19H11Br2NOS/c20-16-14-8-6-13(10-12(14)7-9-15(16)23)17-18(21)24-19(22-17)11-4-2-1-3-5-11/h1-10,23H. The first-order valence-electron chi connectivity index (χ1n) is 7.27. The Morgan fingerprint density at radius 1 is 0.875 bits per heavy atom. The van der Waals surface area contributed by atoms with Crippen molar-refractivity contribution in [3.63, 3.8) is 0 Å². The fraction of sp³-hybridized carbons (Fsp3) is 0. The molecule has 0 bridgehead atoms. The highest BCUT2D eigenvalue weighted by atomic mass is 79.9. The first-order valence-corrected chi connectivity index (χ1v) is 9.67. The first-order chi connectivity index (χ1) is 11.6. The van der Waals surface area contributed by atoms with Gasteiger partial charge in [0.05, 0.1) is 14.0 Å². The van der Waals surface area contributed by atoms with Gasteiger partial charge in [0, 0.05) is 11.1 Å². The highest BCUT2D eigenvalue weighted by Crippen LogP contribution is 2.39. The van der Waals surface area contributed by atoms with Crippen LogP contribution in [0.2, 0.25) is 0 Å². The Morgan fingerprint density at radius 3 is 2.46 bits per heavy atom. The van der Waals surface area contributed by atoms with Gasteiger partial charge in [-0.05, 0) is 54.8 Å². The predicted octanol–water partition coefficient (Wildman–Crippen LogP) is 6.86. The molecule has 0 saturated carbocycles. The summed E-state index contributed by atoms with van der Waals surface area (Å²) in [5.74, 6) is 0.247. The van der Waals surface area contributed by atoms with Crippen molar-refractivity contribution >= 4 is 54.0 Å². The van der Waals surface area contributed by atoms with Crippen LogP contribution in [0.4, 0.5) is 0 Å². The van der Waals surface area contributed by atoms with E-state index in [0.717, 1.165) is 36.4 Å². The molecule has 24 heavy (non-hydrogen) atoms. The molecule has 0 radical (unpaired) electrons. The van der Waals surface area contributed by atoms with Crippen LogP contribution >= 0.6 is 43.2 Å². The van der Waals surface area contributed by atoms with Crippen molar-refractivity contribution in [2.75, 3.05) is 0 Å². The summed E-state index contributed by atoms with van der Waals surface area (Å²) in [6.07, 6.45) is 0. The Morgan fingerprint density at radius 2 is 1.67 bits per heavy atom. The van der Waals surface area contributed by atoms with Crippen LogP contribution in [0.5, 0.6) is 5.75 Å². The van der Waals surface area contributed by atoms with Gasteiger partial charge in [0.1, 0.15) is 10.8 Å². The summed E-state index contributed by atoms with van der Waals surface area (Å²) in [7, 11) is 0. The summed E-state index contributed by atoms with van der Waals surface area (Å²) < 4.78 is 1.73. The molecule has 0 aliphatic heterocycles. The van der Waals surface area contributed by atoms with Crippen LogP contribution < -0.4 is 0 Å². The molecular formula is C19H11Br2NOS. The summed E-state index contributed by atoms with van der Waals surface area (Å²) in [6, 6.07) is 19.9. The molecule has 0 saturated heterocycles. The highest BCUT2D eigenvalue weighted by Gasteiger charge is 2.13. The quantitative estimate of drug-likeness (QED) is 0.354. The lowest BCUT2D eigenvalue weighted by atomic mass is 10.1. The molecule has 0 amide bonds. The zero-order chi connectivity index (χ0) is 16.7. The minimum absolute atomic E-state index is 0.247. The number of benzene rings is 3. The van der Waals surface area contributed by atoms with E-state index in [1.54, 1.807) is 17.4 Å². The van der Waals surface area contributed by atoms with E-state index in [2.05, 4.69) is 50.1 Å². The fourth-order valence-electron chi connectivity index (χ4n) is 2.61. The smallest absolute Gasteiger partial charge is 0.130 e. The van der Waals surface area contributed by atoms with Crippen LogP contribution in [-0.2, 0) is 0 Å². The highest BCUT2D eigenvalue weighted by molar-refractivity contribution is 9.11. The predicted molar refractivity (Wildman–Crippen MR) is 108 cm³/mol. The van der Waals surface area contributed by atoms with Crippen molar-refractivity contribution in [2.45, 2.75) is 0 Å². The second-order valence-corrected chi connectivity index (χ2v) is 8.45. The monoisotopic (exact) mass is 459 g/mol. The molecule has 0 fully saturated rings. The van der Waals surface area contributed by atoms with Gasteiger partial charge in [-0.2, -0.15) is 0 Å². The van der Waals surface area contributed by atoms with E-state index in [0.29, 0.717) is 4.47 Å². The molecule has 1 N–H and O–H groups in total. The van der Waals surface area contributed by atoms with Crippen LogP contribution in [0.1, 0.15) is 0 Å². The molecule has 4 rings (SSSR count). The van der Waals surface area contributed by atoms with Crippen molar-refractivity contribution in [2.24, 2.45) is 0 Å². The van der Waals surface area contributed by atoms with Crippen LogP contribution in [0.25, 0.3) is 32.6 Å². The number of hydrogen-bond donors (Lipinski definition) is 1. The number of thiazole rings is 1. The van der Waals surface area contributed by atoms with Crippen LogP contribution in [-0.4, -0.2) is 10.1 Å². The first kappa shape index (κ1) is 15.8. The molecule has 0 spiro atoms. The number of rotatable bonds is 2. The molecule has 0 aliphatic carbocycles. The number of aromatic hydroxyl groups is 1. The van der Waals surface area contributed by atoms with Crippen molar-refractivity contribution in [1.82, 2.24) is 4.98 Å². The van der Waals surface area contributed by atoms with Gasteiger partial charge in [-0.15, -0.1) is 11.3 Å². The van der Waals surface area contributed by atoms with E-state index >= 15 is 0 Å². The molecule has 0 atom stereocenters. The maximum absolute atomic E-state index is 9.81. The number of phenolic OH excluding ortho intramolecular Hbond substituents is 1. The van der Waals surface area contributed by atoms with Gasteiger partial charge in [0.2, 0.25) is 0 Å². The van der Waals surface area contributed by atoms with Gasteiger partial charge >= 0.3 is 0 Å². The number of halogens is 2. The zero-order valence-corrected chi connectivity index (χ0v) is 16.3. The number of aromatic nitrogens is 1. The third-order valence-corrected chi connectivity index (χ3v) is 6.40. The summed E-state index contributed by atoms with van der Waals surface area (Å²) >= 11 is 8.72. The van der Waals surface area contributed by atoms with Crippen LogP contribution in [0.3, 0.4) is 0 Å². The summed E-state index contributed by atoms with van der Waals surface area (Å²) in [5.41, 5.74) is 3.10. The second-order valence-electron chi connectivity index (χ2n) is 5.34. The molecule has 4 aromatic rings. The SMILES string of the molecule is Oc1ccc2cc(-c3nc(-c4ccccc4)sc3Br)ccc2c1Br. The number of hydrogen-bond acceptors (Lipinski definition) is 3. The topological polar surface area (TPSA) is 33.1 Å². The Balaban J connectivity index is 1.83.